The summed E-state index contributed by atoms with van der Waals surface area (Å²) < 4.78 is 11.1. The molecule has 10 heteroatoms. The molecule has 1 saturated heterocycles. The fourth-order valence-electron chi connectivity index (χ4n) is 6.83. The minimum atomic E-state index is -1.61. The molecule has 10 nitrogen and oxygen atoms in total. The SMILES string of the molecule is CCCCCCCCCCCCC[C@@H](O)C(=O)N[C@@H](CO[C@@H]1O[C@H](CO)[C@@H](O)[C@H](O)[C@H]1O)[C@H](O)/C=C/CC/C=C(\C)CCCCCCCCCCCC. The number of amides is 1. The molecule has 0 aromatic rings. The highest BCUT2D eigenvalue weighted by molar-refractivity contribution is 5.80. The van der Waals surface area contributed by atoms with Gasteiger partial charge in [0.1, 0.15) is 30.5 Å². The van der Waals surface area contributed by atoms with Gasteiger partial charge in [0.2, 0.25) is 5.91 Å². The van der Waals surface area contributed by atoms with Crippen LogP contribution in [-0.4, -0.2) is 98.7 Å². The highest BCUT2D eigenvalue weighted by Crippen LogP contribution is 2.23. The third kappa shape index (κ3) is 24.0. The maximum Gasteiger partial charge on any atom is 0.249 e. The molecule has 1 aliphatic rings. The summed E-state index contributed by atoms with van der Waals surface area (Å²) in [6.45, 7) is 5.72. The molecule has 0 saturated carbocycles. The number of aliphatic hydroxyl groups excluding tert-OH is 6. The first-order valence-electron chi connectivity index (χ1n) is 21.6. The van der Waals surface area contributed by atoms with Gasteiger partial charge >= 0.3 is 0 Å². The summed E-state index contributed by atoms with van der Waals surface area (Å²) in [5, 5.41) is 64.5. The largest absolute Gasteiger partial charge is 0.394 e. The zero-order valence-corrected chi connectivity index (χ0v) is 33.9. The fourth-order valence-corrected chi connectivity index (χ4v) is 6.83. The monoisotopic (exact) mass is 756 g/mol. The first kappa shape index (κ1) is 49.6. The van der Waals surface area contributed by atoms with E-state index in [1.54, 1.807) is 6.08 Å². The van der Waals surface area contributed by atoms with Crippen molar-refractivity contribution in [2.24, 2.45) is 0 Å². The van der Waals surface area contributed by atoms with E-state index in [0.717, 1.165) is 32.1 Å². The number of nitrogens with one attached hydrogen (secondary N) is 1. The highest BCUT2D eigenvalue weighted by Gasteiger charge is 2.44. The summed E-state index contributed by atoms with van der Waals surface area (Å²) in [4.78, 5) is 13.0. The van der Waals surface area contributed by atoms with E-state index in [9.17, 15) is 35.4 Å². The van der Waals surface area contributed by atoms with Crippen molar-refractivity contribution in [3.63, 3.8) is 0 Å². The van der Waals surface area contributed by atoms with Crippen molar-refractivity contribution in [2.75, 3.05) is 13.2 Å². The lowest BCUT2D eigenvalue weighted by atomic mass is 9.99. The van der Waals surface area contributed by atoms with Crippen molar-refractivity contribution in [2.45, 2.75) is 230 Å². The molecule has 0 bridgehead atoms. The smallest absolute Gasteiger partial charge is 0.249 e. The number of hydrogen-bond donors (Lipinski definition) is 7. The van der Waals surface area contributed by atoms with Gasteiger partial charge in [0.15, 0.2) is 6.29 Å². The molecular formula is C43H81NO9. The molecule has 7 N–H and O–H groups in total. The summed E-state index contributed by atoms with van der Waals surface area (Å²) in [5.74, 6) is -0.627. The molecule has 1 amide bonds. The van der Waals surface area contributed by atoms with Crippen LogP contribution in [0.3, 0.4) is 0 Å². The van der Waals surface area contributed by atoms with Crippen LogP contribution in [0.25, 0.3) is 0 Å². The van der Waals surface area contributed by atoms with Gasteiger partial charge in [-0.1, -0.05) is 166 Å². The van der Waals surface area contributed by atoms with Crippen LogP contribution in [0.15, 0.2) is 23.8 Å². The molecule has 1 aliphatic heterocycles. The fraction of sp³-hybridized carbons (Fsp3) is 0.884. The standard InChI is InChI=1S/C43H81NO9/c1-4-6-8-10-12-14-16-18-20-22-26-31-37(47)42(51)44-35(33-52-43-41(50)40(49)39(48)38(32-45)53-43)36(46)30-27-23-25-29-34(3)28-24-21-19-17-15-13-11-9-7-5-2/h27,29-30,35-41,43,45-50H,4-26,28,31-33H2,1-3H3,(H,44,51)/b30-27+,34-29+/t35-,36+,37+,38+,39+,40-,41+,43+/m0/s1. The Morgan fingerprint density at radius 3 is 1.75 bits per heavy atom. The van der Waals surface area contributed by atoms with Crippen LogP contribution in [0.2, 0.25) is 0 Å². The van der Waals surface area contributed by atoms with Crippen molar-refractivity contribution in [3.05, 3.63) is 23.8 Å². The molecule has 1 rings (SSSR count). The lowest BCUT2D eigenvalue weighted by Crippen LogP contribution is -2.60. The van der Waals surface area contributed by atoms with E-state index >= 15 is 0 Å². The second-order valence-electron chi connectivity index (χ2n) is 15.5. The predicted octanol–water partition coefficient (Wildman–Crippen LogP) is 7.30. The number of aliphatic hydroxyl groups is 6. The van der Waals surface area contributed by atoms with Gasteiger partial charge in [-0.3, -0.25) is 4.79 Å². The second kappa shape index (κ2) is 32.8. The van der Waals surface area contributed by atoms with Gasteiger partial charge in [-0.2, -0.15) is 0 Å². The molecule has 0 aliphatic carbocycles. The van der Waals surface area contributed by atoms with Gasteiger partial charge in [0.25, 0.3) is 0 Å². The number of carbonyl (C=O) groups is 1. The number of carbonyl (C=O) groups excluding carboxylic acids is 1. The van der Waals surface area contributed by atoms with Gasteiger partial charge in [-0.15, -0.1) is 0 Å². The van der Waals surface area contributed by atoms with Gasteiger partial charge < -0.3 is 45.4 Å². The third-order valence-corrected chi connectivity index (χ3v) is 10.5. The van der Waals surface area contributed by atoms with Gasteiger partial charge in [0.05, 0.1) is 25.4 Å². The Hall–Kier alpha value is -1.37. The summed E-state index contributed by atoms with van der Waals surface area (Å²) >= 11 is 0. The lowest BCUT2D eigenvalue weighted by Gasteiger charge is -2.40. The van der Waals surface area contributed by atoms with Crippen molar-refractivity contribution in [1.29, 1.82) is 0 Å². The zero-order chi connectivity index (χ0) is 39.1. The third-order valence-electron chi connectivity index (χ3n) is 10.5. The minimum Gasteiger partial charge on any atom is -0.394 e. The van der Waals surface area contributed by atoms with Crippen LogP contribution in [0.5, 0.6) is 0 Å². The molecule has 312 valence electrons. The second-order valence-corrected chi connectivity index (χ2v) is 15.5. The average molecular weight is 756 g/mol. The molecule has 0 spiro atoms. The van der Waals surface area contributed by atoms with Crippen molar-refractivity contribution in [1.82, 2.24) is 5.32 Å². The maximum atomic E-state index is 13.0. The summed E-state index contributed by atoms with van der Waals surface area (Å²) in [7, 11) is 0. The quantitative estimate of drug-likeness (QED) is 0.0263. The Labute approximate surface area is 322 Å². The van der Waals surface area contributed by atoms with Crippen molar-refractivity contribution < 1.29 is 44.9 Å². The Morgan fingerprint density at radius 1 is 0.717 bits per heavy atom. The molecule has 1 heterocycles. The van der Waals surface area contributed by atoms with Gasteiger partial charge in [-0.05, 0) is 39.0 Å². The first-order valence-corrected chi connectivity index (χ1v) is 21.6. The molecule has 1 fully saturated rings. The van der Waals surface area contributed by atoms with Gasteiger partial charge in [0, 0.05) is 0 Å². The predicted molar refractivity (Wildman–Crippen MR) is 213 cm³/mol. The van der Waals surface area contributed by atoms with Crippen molar-refractivity contribution >= 4 is 5.91 Å². The summed E-state index contributed by atoms with van der Waals surface area (Å²) in [5.41, 5.74) is 1.36. The molecule has 0 aromatic carbocycles. The number of ether oxygens (including phenoxy) is 2. The zero-order valence-electron chi connectivity index (χ0n) is 33.9. The molecule has 53 heavy (non-hydrogen) atoms. The average Bonchev–Trinajstić information content (AvgIpc) is 3.15. The van der Waals surface area contributed by atoms with Crippen LogP contribution in [0.4, 0.5) is 0 Å². The van der Waals surface area contributed by atoms with E-state index in [1.165, 1.54) is 115 Å². The number of unbranched alkanes of at least 4 members (excludes halogenated alkanes) is 20. The van der Waals surface area contributed by atoms with E-state index in [1.807, 2.05) is 6.08 Å². The molecular weight excluding hydrogens is 674 g/mol. The van der Waals surface area contributed by atoms with E-state index in [4.69, 9.17) is 9.47 Å². The number of allylic oxidation sites excluding steroid dienone is 3. The van der Waals surface area contributed by atoms with Crippen LogP contribution in [-0.2, 0) is 14.3 Å². The minimum absolute atomic E-state index is 0.305. The van der Waals surface area contributed by atoms with E-state index in [0.29, 0.717) is 19.3 Å². The van der Waals surface area contributed by atoms with Gasteiger partial charge in [-0.25, -0.2) is 0 Å². The topological polar surface area (TPSA) is 169 Å². The molecule has 0 radical (unpaired) electrons. The normalized spacial score (nSPS) is 22.7. The first-order chi connectivity index (χ1) is 25.7. The highest BCUT2D eigenvalue weighted by atomic mass is 16.7. The Balaban J connectivity index is 2.56. The van der Waals surface area contributed by atoms with Crippen LogP contribution < -0.4 is 5.32 Å². The summed E-state index contributed by atoms with van der Waals surface area (Å²) in [6, 6.07) is -0.994. The van der Waals surface area contributed by atoms with Crippen LogP contribution >= 0.6 is 0 Å². The van der Waals surface area contributed by atoms with Crippen molar-refractivity contribution in [3.8, 4) is 0 Å². The summed E-state index contributed by atoms with van der Waals surface area (Å²) in [6.07, 6.45) is 24.9. The maximum absolute atomic E-state index is 13.0. The Morgan fingerprint density at radius 2 is 1.23 bits per heavy atom. The van der Waals surface area contributed by atoms with E-state index < -0.39 is 61.5 Å². The van der Waals surface area contributed by atoms with Crippen LogP contribution in [0, 0.1) is 0 Å². The molecule has 0 aromatic heterocycles. The van der Waals surface area contributed by atoms with E-state index in [-0.39, 0.29) is 6.61 Å². The number of hydrogen-bond acceptors (Lipinski definition) is 9. The molecule has 8 atom stereocenters. The Kier molecular flexibility index (Phi) is 30.8. The lowest BCUT2D eigenvalue weighted by molar-refractivity contribution is -0.302. The Bertz CT molecular complexity index is 929. The van der Waals surface area contributed by atoms with Crippen LogP contribution in [0.1, 0.15) is 181 Å². The van der Waals surface area contributed by atoms with E-state index in [2.05, 4.69) is 32.2 Å². The molecule has 0 unspecified atom stereocenters. The number of rotatable bonds is 34.